The van der Waals surface area contributed by atoms with Crippen LogP contribution in [0.1, 0.15) is 25.3 Å². The molecule has 1 N–H and O–H groups in total. The minimum absolute atomic E-state index is 0.392. The van der Waals surface area contributed by atoms with Gasteiger partial charge in [0.1, 0.15) is 0 Å². The summed E-state index contributed by atoms with van der Waals surface area (Å²) >= 11 is 1.97. The number of rotatable bonds is 6. The van der Waals surface area contributed by atoms with E-state index < -0.39 is 0 Å². The maximum Gasteiger partial charge on any atom is 0.0335 e. The summed E-state index contributed by atoms with van der Waals surface area (Å²) in [7, 11) is 0. The van der Waals surface area contributed by atoms with E-state index in [1.807, 2.05) is 11.8 Å². The largest absolute Gasteiger partial charge is 0.311 e. The fourth-order valence-electron chi connectivity index (χ4n) is 3.69. The van der Waals surface area contributed by atoms with Crippen LogP contribution in [0.3, 0.4) is 0 Å². The molecule has 2 aliphatic rings. The van der Waals surface area contributed by atoms with E-state index in [-0.39, 0.29) is 0 Å². The molecule has 1 aliphatic carbocycles. The van der Waals surface area contributed by atoms with Gasteiger partial charge in [0.2, 0.25) is 0 Å². The number of nitrogens with one attached hydrogen (secondary N) is 1. The van der Waals surface area contributed by atoms with Crippen molar-refractivity contribution in [1.29, 1.82) is 0 Å². The minimum atomic E-state index is 0.392. The Hall–Kier alpha value is -0.510. The van der Waals surface area contributed by atoms with Gasteiger partial charge in [-0.05, 0) is 43.9 Å². The van der Waals surface area contributed by atoms with Crippen LogP contribution in [0.2, 0.25) is 0 Å². The highest BCUT2D eigenvalue weighted by molar-refractivity contribution is 7.98. The van der Waals surface area contributed by atoms with Crippen molar-refractivity contribution in [3.63, 3.8) is 0 Å². The van der Waals surface area contributed by atoms with E-state index in [1.54, 1.807) is 0 Å². The fraction of sp³-hybridized carbons (Fsp3) is 0.667. The number of nitrogens with zero attached hydrogens (tertiary/aromatic N) is 1. The normalized spacial score (nSPS) is 30.5. The zero-order chi connectivity index (χ0) is 14.7. The van der Waals surface area contributed by atoms with Crippen molar-refractivity contribution < 1.29 is 0 Å². The van der Waals surface area contributed by atoms with Crippen LogP contribution >= 0.6 is 11.8 Å². The van der Waals surface area contributed by atoms with Gasteiger partial charge in [0.25, 0.3) is 0 Å². The molecule has 3 rings (SSSR count). The maximum absolute atomic E-state index is 3.84. The Labute approximate surface area is 133 Å². The topological polar surface area (TPSA) is 15.3 Å². The van der Waals surface area contributed by atoms with E-state index >= 15 is 0 Å². The second-order valence-corrected chi connectivity index (χ2v) is 7.82. The monoisotopic (exact) mass is 304 g/mol. The van der Waals surface area contributed by atoms with Crippen molar-refractivity contribution >= 4 is 11.8 Å². The smallest absolute Gasteiger partial charge is 0.0335 e. The lowest BCUT2D eigenvalue weighted by Gasteiger charge is -2.49. The van der Waals surface area contributed by atoms with Crippen molar-refractivity contribution in [1.82, 2.24) is 10.2 Å². The lowest BCUT2D eigenvalue weighted by atomic mass is 9.88. The molecule has 2 nitrogen and oxygen atoms in total. The molecule has 21 heavy (non-hydrogen) atoms. The van der Waals surface area contributed by atoms with Crippen LogP contribution in [0.25, 0.3) is 0 Å². The van der Waals surface area contributed by atoms with Crippen molar-refractivity contribution in [3.05, 3.63) is 35.9 Å². The van der Waals surface area contributed by atoms with Gasteiger partial charge in [0, 0.05) is 37.0 Å². The quantitative estimate of drug-likeness (QED) is 0.869. The lowest BCUT2D eigenvalue weighted by Crippen LogP contribution is -2.65. The molecule has 2 unspecified atom stereocenters. The second kappa shape index (κ2) is 6.72. The molecule has 1 saturated heterocycles. The Balaban J connectivity index is 1.64. The van der Waals surface area contributed by atoms with Gasteiger partial charge in [0.15, 0.2) is 0 Å². The molecule has 1 heterocycles. The van der Waals surface area contributed by atoms with E-state index in [9.17, 15) is 0 Å². The van der Waals surface area contributed by atoms with Gasteiger partial charge in [-0.2, -0.15) is 11.8 Å². The third kappa shape index (κ3) is 3.64. The number of piperazine rings is 1. The standard InChI is InChI=1S/C18H28N2S/c1-18(16-8-9-16)14-19-17(13-20(18)10-11-21-2)12-15-6-4-3-5-7-15/h3-7,16-17,19H,8-14H2,1-2H3. The van der Waals surface area contributed by atoms with Crippen molar-refractivity contribution in [3.8, 4) is 0 Å². The van der Waals surface area contributed by atoms with Gasteiger partial charge in [-0.15, -0.1) is 0 Å². The molecule has 2 atom stereocenters. The Morgan fingerprint density at radius 2 is 2.05 bits per heavy atom. The zero-order valence-corrected chi connectivity index (χ0v) is 14.2. The van der Waals surface area contributed by atoms with E-state index in [0.717, 1.165) is 18.9 Å². The van der Waals surface area contributed by atoms with Crippen LogP contribution in [0, 0.1) is 5.92 Å². The van der Waals surface area contributed by atoms with Gasteiger partial charge in [0.05, 0.1) is 0 Å². The fourth-order valence-corrected chi connectivity index (χ4v) is 4.10. The van der Waals surface area contributed by atoms with Crippen LogP contribution < -0.4 is 5.32 Å². The van der Waals surface area contributed by atoms with Gasteiger partial charge in [-0.1, -0.05) is 30.3 Å². The van der Waals surface area contributed by atoms with E-state index in [2.05, 4.69) is 53.7 Å². The summed E-state index contributed by atoms with van der Waals surface area (Å²) < 4.78 is 0. The third-order valence-electron chi connectivity index (χ3n) is 5.26. The molecule has 2 fully saturated rings. The molecule has 0 bridgehead atoms. The van der Waals surface area contributed by atoms with Crippen LogP contribution in [0.15, 0.2) is 30.3 Å². The first-order valence-corrected chi connectivity index (χ1v) is 9.63. The highest BCUT2D eigenvalue weighted by atomic mass is 32.2. The third-order valence-corrected chi connectivity index (χ3v) is 5.85. The summed E-state index contributed by atoms with van der Waals surface area (Å²) in [5, 5.41) is 3.84. The van der Waals surface area contributed by atoms with Crippen molar-refractivity contribution in [2.24, 2.45) is 5.92 Å². The summed E-state index contributed by atoms with van der Waals surface area (Å²) in [6.45, 7) is 6.07. The van der Waals surface area contributed by atoms with E-state index in [4.69, 9.17) is 0 Å². The van der Waals surface area contributed by atoms with E-state index in [1.165, 1.54) is 37.2 Å². The van der Waals surface area contributed by atoms with Crippen LogP contribution in [0.5, 0.6) is 0 Å². The predicted octanol–water partition coefficient (Wildman–Crippen LogP) is 3.03. The number of hydrogen-bond donors (Lipinski definition) is 1. The SMILES string of the molecule is CSCCN1CC(Cc2ccccc2)NCC1(C)C1CC1. The summed E-state index contributed by atoms with van der Waals surface area (Å²) in [6.07, 6.45) is 6.23. The first-order valence-electron chi connectivity index (χ1n) is 8.23. The Morgan fingerprint density at radius 3 is 2.71 bits per heavy atom. The average Bonchev–Trinajstić information content (AvgIpc) is 3.34. The average molecular weight is 305 g/mol. The molecule has 1 aromatic carbocycles. The summed E-state index contributed by atoms with van der Waals surface area (Å²) in [5.74, 6) is 2.17. The predicted molar refractivity (Wildman–Crippen MR) is 93.0 cm³/mol. The summed E-state index contributed by atoms with van der Waals surface area (Å²) in [5.41, 5.74) is 1.85. The highest BCUT2D eigenvalue weighted by Crippen LogP contribution is 2.44. The van der Waals surface area contributed by atoms with Crippen LogP contribution in [-0.4, -0.2) is 48.1 Å². The Kier molecular flexibility index (Phi) is 4.92. The summed E-state index contributed by atoms with van der Waals surface area (Å²) in [6, 6.07) is 11.5. The maximum atomic E-state index is 3.84. The molecule has 0 spiro atoms. The zero-order valence-electron chi connectivity index (χ0n) is 13.3. The Morgan fingerprint density at radius 1 is 1.29 bits per heavy atom. The van der Waals surface area contributed by atoms with Gasteiger partial charge >= 0.3 is 0 Å². The second-order valence-electron chi connectivity index (χ2n) is 6.84. The Bertz CT molecular complexity index is 446. The first kappa shape index (κ1) is 15.4. The highest BCUT2D eigenvalue weighted by Gasteiger charge is 2.47. The molecule has 1 aromatic rings. The lowest BCUT2D eigenvalue weighted by molar-refractivity contribution is 0.0410. The summed E-state index contributed by atoms with van der Waals surface area (Å²) in [4.78, 5) is 2.78. The van der Waals surface area contributed by atoms with Gasteiger partial charge < -0.3 is 5.32 Å². The molecular formula is C18H28N2S. The molecular weight excluding hydrogens is 276 g/mol. The van der Waals surface area contributed by atoms with E-state index in [0.29, 0.717) is 11.6 Å². The first-order chi connectivity index (χ1) is 10.2. The molecule has 3 heteroatoms. The molecule has 0 amide bonds. The molecule has 1 saturated carbocycles. The number of thioether (sulfide) groups is 1. The minimum Gasteiger partial charge on any atom is -0.311 e. The van der Waals surface area contributed by atoms with Crippen molar-refractivity contribution in [2.45, 2.75) is 37.8 Å². The van der Waals surface area contributed by atoms with Gasteiger partial charge in [-0.25, -0.2) is 0 Å². The molecule has 0 radical (unpaired) electrons. The van der Waals surface area contributed by atoms with Crippen molar-refractivity contribution in [2.75, 3.05) is 31.6 Å². The van der Waals surface area contributed by atoms with Crippen LogP contribution in [0.4, 0.5) is 0 Å². The van der Waals surface area contributed by atoms with Crippen LogP contribution in [-0.2, 0) is 6.42 Å². The molecule has 0 aromatic heterocycles. The van der Waals surface area contributed by atoms with Gasteiger partial charge in [-0.3, -0.25) is 4.90 Å². The molecule has 1 aliphatic heterocycles. The number of benzene rings is 1. The molecule has 116 valence electrons. The number of hydrogen-bond acceptors (Lipinski definition) is 3.